The Morgan fingerprint density at radius 1 is 1.39 bits per heavy atom. The van der Waals surface area contributed by atoms with Crippen LogP contribution in [0.2, 0.25) is 0 Å². The number of hydrogen-bond donors (Lipinski definition) is 2. The van der Waals surface area contributed by atoms with Crippen LogP contribution in [0, 0.1) is 0 Å². The zero-order valence-corrected chi connectivity index (χ0v) is 10.9. The molecule has 6 nitrogen and oxygen atoms in total. The van der Waals surface area contributed by atoms with Crippen LogP contribution in [0.1, 0.15) is 51.0 Å². The number of anilines is 1. The third-order valence-corrected chi connectivity index (χ3v) is 3.11. The van der Waals surface area contributed by atoms with Crippen molar-refractivity contribution in [3.05, 3.63) is 5.89 Å². The summed E-state index contributed by atoms with van der Waals surface area (Å²) in [6, 6.07) is 0.182. The third-order valence-electron chi connectivity index (χ3n) is 3.11. The lowest BCUT2D eigenvalue weighted by Crippen LogP contribution is -2.20. The molecule has 0 amide bonds. The summed E-state index contributed by atoms with van der Waals surface area (Å²) in [7, 11) is 0. The normalized spacial score (nSPS) is 18.8. The average molecular weight is 254 g/mol. The molecule has 1 aliphatic carbocycles. The Balaban J connectivity index is 1.62. The molecule has 1 aromatic rings. The lowest BCUT2D eigenvalue weighted by molar-refractivity contribution is 0.0346. The molecule has 0 aromatic carbocycles. The van der Waals surface area contributed by atoms with E-state index in [2.05, 4.69) is 15.5 Å². The van der Waals surface area contributed by atoms with Crippen molar-refractivity contribution in [1.82, 2.24) is 10.2 Å². The van der Waals surface area contributed by atoms with Gasteiger partial charge in [0.25, 0.3) is 0 Å². The maximum atomic E-state index is 5.78. The molecule has 1 unspecified atom stereocenters. The zero-order chi connectivity index (χ0) is 12.8. The van der Waals surface area contributed by atoms with Gasteiger partial charge in [0.2, 0.25) is 5.89 Å². The van der Waals surface area contributed by atoms with E-state index in [4.69, 9.17) is 14.9 Å². The highest BCUT2D eigenvalue weighted by atomic mass is 16.5. The number of nitrogens with one attached hydrogen (secondary N) is 1. The molecule has 0 spiro atoms. The first-order valence-electron chi connectivity index (χ1n) is 6.70. The number of rotatable bonds is 6. The Labute approximate surface area is 107 Å². The molecule has 102 valence electrons. The van der Waals surface area contributed by atoms with Crippen LogP contribution in [-0.4, -0.2) is 29.5 Å². The van der Waals surface area contributed by atoms with Crippen molar-refractivity contribution in [1.29, 1.82) is 0 Å². The minimum Gasteiger partial charge on any atom is -0.406 e. The van der Waals surface area contributed by atoms with Crippen LogP contribution >= 0.6 is 0 Å². The van der Waals surface area contributed by atoms with Crippen LogP contribution in [0.5, 0.6) is 0 Å². The summed E-state index contributed by atoms with van der Waals surface area (Å²) in [4.78, 5) is 0. The molecular formula is C12H22N4O2. The van der Waals surface area contributed by atoms with Crippen molar-refractivity contribution in [2.24, 2.45) is 5.73 Å². The van der Waals surface area contributed by atoms with E-state index in [0.29, 0.717) is 31.2 Å². The molecule has 1 atom stereocenters. The highest BCUT2D eigenvalue weighted by Crippen LogP contribution is 2.20. The topological polar surface area (TPSA) is 86.2 Å². The first-order valence-corrected chi connectivity index (χ1v) is 6.70. The quantitative estimate of drug-likeness (QED) is 0.753. The van der Waals surface area contributed by atoms with E-state index in [1.807, 2.05) is 6.92 Å². The van der Waals surface area contributed by atoms with Crippen LogP contribution in [0.3, 0.4) is 0 Å². The second-order valence-electron chi connectivity index (χ2n) is 4.79. The van der Waals surface area contributed by atoms with Gasteiger partial charge in [0.15, 0.2) is 0 Å². The third kappa shape index (κ3) is 3.96. The molecule has 0 bridgehead atoms. The summed E-state index contributed by atoms with van der Waals surface area (Å²) in [5.74, 6) is 0.450. The fourth-order valence-corrected chi connectivity index (χ4v) is 2.11. The second-order valence-corrected chi connectivity index (χ2v) is 4.79. The number of hydrogen-bond acceptors (Lipinski definition) is 6. The predicted molar refractivity (Wildman–Crippen MR) is 68.2 cm³/mol. The Morgan fingerprint density at radius 2 is 2.17 bits per heavy atom. The standard InChI is InChI=1S/C12H22N4O2/c1-9(13)11-15-16-12(18-11)14-7-8-17-10-5-3-2-4-6-10/h9-10H,2-8,13H2,1H3,(H,14,16). The lowest BCUT2D eigenvalue weighted by Gasteiger charge is -2.21. The number of nitrogens with zero attached hydrogens (tertiary/aromatic N) is 2. The summed E-state index contributed by atoms with van der Waals surface area (Å²) >= 11 is 0. The fraction of sp³-hybridized carbons (Fsp3) is 0.833. The Bertz CT molecular complexity index is 348. The van der Waals surface area contributed by atoms with Crippen molar-refractivity contribution < 1.29 is 9.15 Å². The summed E-state index contributed by atoms with van der Waals surface area (Å²) in [6.07, 6.45) is 6.74. The Morgan fingerprint density at radius 3 is 2.83 bits per heavy atom. The fourth-order valence-electron chi connectivity index (χ4n) is 2.11. The average Bonchev–Trinajstić information content (AvgIpc) is 2.85. The molecule has 1 aromatic heterocycles. The van der Waals surface area contributed by atoms with Crippen LogP contribution in [-0.2, 0) is 4.74 Å². The van der Waals surface area contributed by atoms with E-state index < -0.39 is 0 Å². The zero-order valence-electron chi connectivity index (χ0n) is 10.9. The molecule has 1 heterocycles. The van der Waals surface area contributed by atoms with Gasteiger partial charge in [-0.1, -0.05) is 24.4 Å². The Hall–Kier alpha value is -1.14. The molecule has 0 radical (unpaired) electrons. The largest absolute Gasteiger partial charge is 0.406 e. The van der Waals surface area contributed by atoms with Gasteiger partial charge in [-0.2, -0.15) is 0 Å². The maximum Gasteiger partial charge on any atom is 0.315 e. The summed E-state index contributed by atoms with van der Waals surface area (Å²) in [6.45, 7) is 3.15. The van der Waals surface area contributed by atoms with Crippen molar-refractivity contribution >= 4 is 6.01 Å². The molecule has 0 saturated heterocycles. The van der Waals surface area contributed by atoms with Gasteiger partial charge in [0.05, 0.1) is 18.8 Å². The number of ether oxygens (including phenoxy) is 1. The van der Waals surface area contributed by atoms with Crippen LogP contribution in [0.15, 0.2) is 4.42 Å². The van der Waals surface area contributed by atoms with E-state index in [1.54, 1.807) is 0 Å². The SMILES string of the molecule is CC(N)c1nnc(NCCOC2CCCCC2)o1. The maximum absolute atomic E-state index is 5.78. The second kappa shape index (κ2) is 6.70. The lowest BCUT2D eigenvalue weighted by atomic mass is 9.98. The minimum atomic E-state index is -0.230. The van der Waals surface area contributed by atoms with E-state index >= 15 is 0 Å². The minimum absolute atomic E-state index is 0.230. The van der Waals surface area contributed by atoms with Gasteiger partial charge >= 0.3 is 6.01 Å². The summed E-state index contributed by atoms with van der Waals surface area (Å²) in [5.41, 5.74) is 5.63. The molecule has 3 N–H and O–H groups in total. The van der Waals surface area contributed by atoms with Gasteiger partial charge in [-0.3, -0.25) is 0 Å². The molecule has 1 saturated carbocycles. The first-order chi connectivity index (χ1) is 8.75. The summed E-state index contributed by atoms with van der Waals surface area (Å²) in [5, 5.41) is 10.7. The van der Waals surface area contributed by atoms with Gasteiger partial charge in [-0.05, 0) is 19.8 Å². The van der Waals surface area contributed by atoms with E-state index in [0.717, 1.165) is 0 Å². The van der Waals surface area contributed by atoms with Crippen molar-refractivity contribution in [2.75, 3.05) is 18.5 Å². The highest BCUT2D eigenvalue weighted by Gasteiger charge is 2.13. The van der Waals surface area contributed by atoms with Crippen LogP contribution in [0.4, 0.5) is 6.01 Å². The van der Waals surface area contributed by atoms with Crippen molar-refractivity contribution in [2.45, 2.75) is 51.2 Å². The molecule has 2 rings (SSSR count). The first kappa shape index (κ1) is 13.3. The van der Waals surface area contributed by atoms with Crippen LogP contribution in [0.25, 0.3) is 0 Å². The van der Waals surface area contributed by atoms with Gasteiger partial charge in [0.1, 0.15) is 0 Å². The molecule has 1 fully saturated rings. The van der Waals surface area contributed by atoms with Gasteiger partial charge in [-0.15, -0.1) is 5.10 Å². The van der Waals surface area contributed by atoms with E-state index in [1.165, 1.54) is 32.1 Å². The molecule has 6 heteroatoms. The Kier molecular flexibility index (Phi) is 4.95. The van der Waals surface area contributed by atoms with Crippen molar-refractivity contribution in [3.63, 3.8) is 0 Å². The van der Waals surface area contributed by atoms with E-state index in [-0.39, 0.29) is 6.04 Å². The highest BCUT2D eigenvalue weighted by molar-refractivity contribution is 5.16. The van der Waals surface area contributed by atoms with Crippen molar-refractivity contribution in [3.8, 4) is 0 Å². The van der Waals surface area contributed by atoms with Crippen LogP contribution < -0.4 is 11.1 Å². The van der Waals surface area contributed by atoms with E-state index in [9.17, 15) is 0 Å². The molecule has 18 heavy (non-hydrogen) atoms. The van der Waals surface area contributed by atoms with Gasteiger partial charge < -0.3 is 20.2 Å². The predicted octanol–water partition coefficient (Wildman–Crippen LogP) is 1.85. The smallest absolute Gasteiger partial charge is 0.315 e. The van der Waals surface area contributed by atoms with Gasteiger partial charge in [0, 0.05) is 6.54 Å². The number of nitrogens with two attached hydrogens (primary N) is 1. The molecule has 1 aliphatic rings. The molecular weight excluding hydrogens is 232 g/mol. The number of aromatic nitrogens is 2. The summed E-state index contributed by atoms with van der Waals surface area (Å²) < 4.78 is 11.1. The van der Waals surface area contributed by atoms with Gasteiger partial charge in [-0.25, -0.2) is 0 Å². The monoisotopic (exact) mass is 254 g/mol. The molecule has 0 aliphatic heterocycles.